The molecule has 1 heterocycles. The van der Waals surface area contributed by atoms with Gasteiger partial charge in [0, 0.05) is 6.21 Å². The Labute approximate surface area is 179 Å². The molecule has 0 saturated carbocycles. The van der Waals surface area contributed by atoms with Crippen molar-refractivity contribution >= 4 is 33.4 Å². The van der Waals surface area contributed by atoms with Crippen molar-refractivity contribution in [3.63, 3.8) is 0 Å². The molecule has 0 atom stereocenters. The molecule has 4 aromatic carbocycles. The van der Waals surface area contributed by atoms with Crippen LogP contribution in [0.15, 0.2) is 77.8 Å². The molecule has 2 aliphatic rings. The third-order valence-electron chi connectivity index (χ3n) is 6.72. The number of rotatable bonds is 0. The summed E-state index contributed by atoms with van der Waals surface area (Å²) in [4.78, 5) is 4.36. The summed E-state index contributed by atoms with van der Waals surface area (Å²) in [5.41, 5.74) is 5.94. The Morgan fingerprint density at radius 2 is 1.47 bits per heavy atom. The molecule has 0 bridgehead atoms. The molecule has 0 fully saturated rings. The quantitative estimate of drug-likeness (QED) is 0.270. The van der Waals surface area contributed by atoms with Crippen LogP contribution >= 0.6 is 0 Å². The van der Waals surface area contributed by atoms with Gasteiger partial charge in [0.1, 0.15) is 0 Å². The summed E-state index contributed by atoms with van der Waals surface area (Å²) in [6, 6.07) is 26.3. The normalized spacial score (nSPS) is 16.5. The Hall–Kier alpha value is -2.93. The Balaban J connectivity index is 0.000000140. The second-order valence-electron chi connectivity index (χ2n) is 9.21. The molecule has 0 N–H and O–H groups in total. The number of para-hydroxylation sites is 1. The molecule has 0 radical (unpaired) electrons. The Morgan fingerprint density at radius 3 is 2.37 bits per heavy atom. The summed E-state index contributed by atoms with van der Waals surface area (Å²) in [6.45, 7) is 4.52. The number of hydrogen-bond acceptors (Lipinski definition) is 1. The summed E-state index contributed by atoms with van der Waals surface area (Å²) in [5.74, 6) is 0. The molecule has 30 heavy (non-hydrogen) atoms. The Morgan fingerprint density at radius 1 is 0.700 bits per heavy atom. The van der Waals surface area contributed by atoms with Gasteiger partial charge in [0.25, 0.3) is 0 Å². The summed E-state index contributed by atoms with van der Waals surface area (Å²) in [7, 11) is 0. The van der Waals surface area contributed by atoms with Gasteiger partial charge in [0.15, 0.2) is 0 Å². The van der Waals surface area contributed by atoms with E-state index in [4.69, 9.17) is 0 Å². The fourth-order valence-electron chi connectivity index (χ4n) is 4.98. The molecule has 0 aromatic heterocycles. The van der Waals surface area contributed by atoms with Crippen LogP contribution in [0.3, 0.4) is 0 Å². The van der Waals surface area contributed by atoms with E-state index in [-0.39, 0.29) is 5.41 Å². The number of aryl methyl sites for hydroxylation is 2. The summed E-state index contributed by atoms with van der Waals surface area (Å²) >= 11 is 0. The van der Waals surface area contributed by atoms with E-state index < -0.39 is 0 Å². The molecule has 150 valence electrons. The van der Waals surface area contributed by atoms with Crippen LogP contribution in [0.1, 0.15) is 49.8 Å². The molecule has 0 unspecified atom stereocenters. The van der Waals surface area contributed by atoms with Crippen molar-refractivity contribution < 1.29 is 0 Å². The maximum absolute atomic E-state index is 4.36. The fraction of sp³-hybridized carbons (Fsp3) is 0.276. The number of benzene rings is 4. The van der Waals surface area contributed by atoms with Crippen molar-refractivity contribution in [3.05, 3.63) is 89.5 Å². The van der Waals surface area contributed by atoms with Crippen LogP contribution in [-0.2, 0) is 18.3 Å². The van der Waals surface area contributed by atoms with Gasteiger partial charge in [-0.3, -0.25) is 4.99 Å². The Bertz CT molecular complexity index is 1250. The van der Waals surface area contributed by atoms with E-state index in [1.165, 1.54) is 52.8 Å². The van der Waals surface area contributed by atoms with Crippen LogP contribution in [0.4, 0.5) is 5.69 Å². The molecule has 1 aliphatic heterocycles. The number of hydrogen-bond donors (Lipinski definition) is 0. The van der Waals surface area contributed by atoms with E-state index in [1.54, 1.807) is 11.1 Å². The molecule has 4 aromatic rings. The minimum absolute atomic E-state index is 0.262. The smallest absolute Gasteiger partial charge is 0.0663 e. The predicted octanol–water partition coefficient (Wildman–Crippen LogP) is 7.94. The zero-order valence-corrected chi connectivity index (χ0v) is 18.0. The molecular weight excluding hydrogens is 362 g/mol. The third-order valence-corrected chi connectivity index (χ3v) is 6.72. The van der Waals surface area contributed by atoms with Gasteiger partial charge >= 0.3 is 0 Å². The lowest BCUT2D eigenvalue weighted by Gasteiger charge is -2.27. The second-order valence-corrected chi connectivity index (χ2v) is 9.21. The van der Waals surface area contributed by atoms with E-state index in [2.05, 4.69) is 85.6 Å². The lowest BCUT2D eigenvalue weighted by molar-refractivity contribution is 0.549. The topological polar surface area (TPSA) is 12.4 Å². The fourth-order valence-corrected chi connectivity index (χ4v) is 4.98. The number of aliphatic imine (C=N–C) groups is 1. The highest BCUT2D eigenvalue weighted by atomic mass is 14.7. The van der Waals surface area contributed by atoms with Crippen molar-refractivity contribution in [2.24, 2.45) is 4.99 Å². The van der Waals surface area contributed by atoms with Crippen LogP contribution in [0.5, 0.6) is 0 Å². The molecular formula is C29H29N. The lowest BCUT2D eigenvalue weighted by Crippen LogP contribution is -2.20. The van der Waals surface area contributed by atoms with Gasteiger partial charge in [-0.05, 0) is 81.8 Å². The molecule has 1 heteroatoms. The third kappa shape index (κ3) is 3.43. The van der Waals surface area contributed by atoms with E-state index in [0.717, 1.165) is 12.1 Å². The molecule has 6 rings (SSSR count). The second kappa shape index (κ2) is 7.72. The van der Waals surface area contributed by atoms with E-state index >= 15 is 0 Å². The van der Waals surface area contributed by atoms with Gasteiger partial charge in [-0.15, -0.1) is 0 Å². The van der Waals surface area contributed by atoms with Gasteiger partial charge in [0.05, 0.1) is 5.69 Å². The van der Waals surface area contributed by atoms with E-state index in [9.17, 15) is 0 Å². The van der Waals surface area contributed by atoms with Crippen LogP contribution in [0.2, 0.25) is 0 Å². The van der Waals surface area contributed by atoms with Crippen molar-refractivity contribution in [2.45, 2.75) is 51.4 Å². The SMILES string of the molecule is CC1(C)CC=Nc2ccccc21.c1ccc2c(c1)ccc1c3c(ccc12)CCCC3. The van der Waals surface area contributed by atoms with E-state index in [1.807, 2.05) is 12.3 Å². The summed E-state index contributed by atoms with van der Waals surface area (Å²) in [6.07, 6.45) is 8.28. The number of fused-ring (bicyclic) bond motifs is 6. The summed E-state index contributed by atoms with van der Waals surface area (Å²) in [5, 5.41) is 5.64. The lowest BCUT2D eigenvalue weighted by atomic mass is 9.80. The largest absolute Gasteiger partial charge is 0.261 e. The molecule has 1 aliphatic carbocycles. The van der Waals surface area contributed by atoms with Crippen LogP contribution in [-0.4, -0.2) is 6.21 Å². The van der Waals surface area contributed by atoms with E-state index in [0.29, 0.717) is 0 Å². The highest BCUT2D eigenvalue weighted by Gasteiger charge is 2.24. The molecule has 0 amide bonds. The average Bonchev–Trinajstić information content (AvgIpc) is 2.79. The van der Waals surface area contributed by atoms with Crippen LogP contribution in [0, 0.1) is 0 Å². The number of nitrogens with zero attached hydrogens (tertiary/aromatic N) is 1. The zero-order valence-electron chi connectivity index (χ0n) is 18.0. The monoisotopic (exact) mass is 391 g/mol. The summed E-state index contributed by atoms with van der Waals surface area (Å²) < 4.78 is 0. The van der Waals surface area contributed by atoms with Crippen molar-refractivity contribution in [1.82, 2.24) is 0 Å². The average molecular weight is 392 g/mol. The van der Waals surface area contributed by atoms with Crippen LogP contribution < -0.4 is 0 Å². The van der Waals surface area contributed by atoms with Crippen molar-refractivity contribution in [1.29, 1.82) is 0 Å². The van der Waals surface area contributed by atoms with Gasteiger partial charge < -0.3 is 0 Å². The predicted molar refractivity (Wildman–Crippen MR) is 130 cm³/mol. The van der Waals surface area contributed by atoms with Gasteiger partial charge in [0.2, 0.25) is 0 Å². The first-order valence-electron chi connectivity index (χ1n) is 11.2. The molecule has 0 saturated heterocycles. The van der Waals surface area contributed by atoms with Crippen LogP contribution in [0.25, 0.3) is 21.5 Å². The maximum Gasteiger partial charge on any atom is 0.0663 e. The molecule has 0 spiro atoms. The first kappa shape index (κ1) is 19.1. The highest BCUT2D eigenvalue weighted by Crippen LogP contribution is 2.36. The van der Waals surface area contributed by atoms with Crippen molar-refractivity contribution in [2.75, 3.05) is 0 Å². The minimum Gasteiger partial charge on any atom is -0.261 e. The van der Waals surface area contributed by atoms with Gasteiger partial charge in [-0.2, -0.15) is 0 Å². The highest BCUT2D eigenvalue weighted by molar-refractivity contribution is 6.08. The zero-order chi connectivity index (χ0) is 20.6. The first-order chi connectivity index (χ1) is 14.6. The Kier molecular flexibility index (Phi) is 4.90. The maximum atomic E-state index is 4.36. The van der Waals surface area contributed by atoms with Gasteiger partial charge in [-0.1, -0.05) is 80.6 Å². The first-order valence-corrected chi connectivity index (χ1v) is 11.2. The standard InChI is InChI=1S/C18H16.C11H13N/c1-3-7-15-13(5-1)9-11-18-16-8-4-2-6-14(16)10-12-17(15)18;1-11(2)7-8-12-10-6-4-3-5-9(10)11/h1,3,5,7,9-12H,2,4,6,8H2;3-6,8H,7H2,1-2H3. The molecule has 1 nitrogen and oxygen atoms in total. The van der Waals surface area contributed by atoms with Crippen molar-refractivity contribution in [3.8, 4) is 0 Å². The van der Waals surface area contributed by atoms with Gasteiger partial charge in [-0.25, -0.2) is 0 Å². The minimum atomic E-state index is 0.262.